The van der Waals surface area contributed by atoms with Gasteiger partial charge in [0.25, 0.3) is 5.91 Å². The maximum Gasteiger partial charge on any atom is 0.350 e. The Hall–Kier alpha value is -1.50. The molecule has 4 nitrogen and oxygen atoms in total. The van der Waals surface area contributed by atoms with Gasteiger partial charge in [-0.2, -0.15) is 0 Å². The summed E-state index contributed by atoms with van der Waals surface area (Å²) in [6.07, 6.45) is 0. The van der Waals surface area contributed by atoms with Gasteiger partial charge < -0.3 is 10.1 Å². The van der Waals surface area contributed by atoms with Crippen LogP contribution in [0.2, 0.25) is 20.1 Å². The van der Waals surface area contributed by atoms with Gasteiger partial charge in [-0.1, -0.05) is 52.5 Å². The molecule has 1 amide bonds. The number of rotatable bonds is 4. The van der Waals surface area contributed by atoms with Gasteiger partial charge in [-0.3, -0.25) is 4.79 Å². The number of nitrogens with one attached hydrogen (secondary N) is 1. The molecule has 3 aromatic rings. The second kappa shape index (κ2) is 8.03. The van der Waals surface area contributed by atoms with Crippen molar-refractivity contribution < 1.29 is 14.3 Å². The SMILES string of the molecule is O=C(COC(=O)c1sc2cc(Cl)ccc2c1Cl)Nc1cc(Cl)cc(Cl)c1. The summed E-state index contributed by atoms with van der Waals surface area (Å²) in [7, 11) is 0. The van der Waals surface area contributed by atoms with E-state index in [9.17, 15) is 9.59 Å². The Morgan fingerprint density at radius 2 is 1.65 bits per heavy atom. The molecule has 1 aromatic heterocycles. The van der Waals surface area contributed by atoms with Crippen LogP contribution in [0.25, 0.3) is 10.1 Å². The number of esters is 1. The quantitative estimate of drug-likeness (QED) is 0.475. The van der Waals surface area contributed by atoms with Crippen molar-refractivity contribution in [1.82, 2.24) is 0 Å². The van der Waals surface area contributed by atoms with E-state index in [0.717, 1.165) is 16.0 Å². The zero-order valence-electron chi connectivity index (χ0n) is 12.8. The molecule has 0 saturated carbocycles. The monoisotopic (exact) mass is 447 g/mol. The van der Waals surface area contributed by atoms with E-state index in [1.165, 1.54) is 18.2 Å². The molecule has 134 valence electrons. The lowest BCUT2D eigenvalue weighted by Gasteiger charge is -2.07. The second-order valence-corrected chi connectivity index (χ2v) is 7.91. The molecular formula is C17H9Cl4NO3S. The van der Waals surface area contributed by atoms with Crippen LogP contribution in [0.4, 0.5) is 5.69 Å². The van der Waals surface area contributed by atoms with Crippen LogP contribution in [-0.4, -0.2) is 18.5 Å². The highest BCUT2D eigenvalue weighted by atomic mass is 35.5. The molecule has 1 N–H and O–H groups in total. The number of carbonyl (C=O) groups is 2. The van der Waals surface area contributed by atoms with E-state index in [-0.39, 0.29) is 9.90 Å². The summed E-state index contributed by atoms with van der Waals surface area (Å²) >= 11 is 25.0. The third-order valence-electron chi connectivity index (χ3n) is 3.26. The molecule has 0 radical (unpaired) electrons. The van der Waals surface area contributed by atoms with Gasteiger partial charge >= 0.3 is 5.97 Å². The van der Waals surface area contributed by atoms with Gasteiger partial charge in [-0.25, -0.2) is 4.79 Å². The molecule has 0 unspecified atom stereocenters. The molecule has 9 heteroatoms. The smallest absolute Gasteiger partial charge is 0.350 e. The molecule has 0 fully saturated rings. The fraction of sp³-hybridized carbons (Fsp3) is 0.0588. The van der Waals surface area contributed by atoms with Gasteiger partial charge in [0.1, 0.15) is 4.88 Å². The topological polar surface area (TPSA) is 55.4 Å². The largest absolute Gasteiger partial charge is 0.451 e. The average Bonchev–Trinajstić information content (AvgIpc) is 2.88. The minimum atomic E-state index is -0.688. The summed E-state index contributed by atoms with van der Waals surface area (Å²) in [6, 6.07) is 9.71. The number of hydrogen-bond acceptors (Lipinski definition) is 4. The number of ether oxygens (including phenoxy) is 1. The summed E-state index contributed by atoms with van der Waals surface area (Å²) in [5.74, 6) is -1.22. The molecule has 0 atom stereocenters. The lowest BCUT2D eigenvalue weighted by atomic mass is 10.2. The normalized spacial score (nSPS) is 10.8. The fourth-order valence-electron chi connectivity index (χ4n) is 2.19. The Morgan fingerprint density at radius 1 is 0.962 bits per heavy atom. The maximum atomic E-state index is 12.2. The predicted molar refractivity (Wildman–Crippen MR) is 107 cm³/mol. The third kappa shape index (κ3) is 4.42. The number of hydrogen-bond donors (Lipinski definition) is 1. The van der Waals surface area contributed by atoms with Gasteiger partial charge in [0.05, 0.1) is 5.02 Å². The Balaban J connectivity index is 1.67. The highest BCUT2D eigenvalue weighted by Crippen LogP contribution is 2.37. The van der Waals surface area contributed by atoms with E-state index >= 15 is 0 Å². The first-order valence-corrected chi connectivity index (χ1v) is 9.47. The number of anilines is 1. The van der Waals surface area contributed by atoms with E-state index in [4.69, 9.17) is 51.1 Å². The van der Waals surface area contributed by atoms with Crippen molar-refractivity contribution in [2.45, 2.75) is 0 Å². The summed E-state index contributed by atoms with van der Waals surface area (Å²) in [5, 5.41) is 4.81. The summed E-state index contributed by atoms with van der Waals surface area (Å²) in [5.41, 5.74) is 0.401. The van der Waals surface area contributed by atoms with Gasteiger partial charge in [0.2, 0.25) is 0 Å². The van der Waals surface area contributed by atoms with Crippen molar-refractivity contribution in [3.05, 3.63) is 61.4 Å². The Labute approximate surface area is 172 Å². The van der Waals surface area contributed by atoms with Crippen molar-refractivity contribution in [2.75, 3.05) is 11.9 Å². The third-order valence-corrected chi connectivity index (χ3v) is 5.57. The van der Waals surface area contributed by atoms with Gasteiger partial charge in [-0.15, -0.1) is 11.3 Å². The standard InChI is InChI=1S/C17H9Cl4NO3S/c18-8-1-2-12-13(6-8)26-16(15(12)21)17(24)25-7-14(23)22-11-4-9(19)3-10(20)5-11/h1-6H,7H2,(H,22,23). The second-order valence-electron chi connectivity index (χ2n) is 5.17. The first-order valence-electron chi connectivity index (χ1n) is 7.14. The maximum absolute atomic E-state index is 12.2. The Morgan fingerprint density at radius 3 is 2.35 bits per heavy atom. The molecule has 0 spiro atoms. The van der Waals surface area contributed by atoms with Crippen molar-refractivity contribution in [1.29, 1.82) is 0 Å². The zero-order chi connectivity index (χ0) is 18.8. The van der Waals surface area contributed by atoms with Crippen LogP contribution in [0.15, 0.2) is 36.4 Å². The molecule has 0 aliphatic heterocycles. The number of amides is 1. The van der Waals surface area contributed by atoms with E-state index in [0.29, 0.717) is 26.1 Å². The van der Waals surface area contributed by atoms with Crippen LogP contribution in [0.5, 0.6) is 0 Å². The highest BCUT2D eigenvalue weighted by Gasteiger charge is 2.19. The number of halogens is 4. The Bertz CT molecular complexity index is 998. The number of carbonyl (C=O) groups excluding carboxylic acids is 2. The summed E-state index contributed by atoms with van der Waals surface area (Å²) in [6.45, 7) is -0.478. The molecule has 0 aliphatic carbocycles. The lowest BCUT2D eigenvalue weighted by molar-refractivity contribution is -0.119. The summed E-state index contributed by atoms with van der Waals surface area (Å²) in [4.78, 5) is 24.4. The first-order chi connectivity index (χ1) is 12.3. The van der Waals surface area contributed by atoms with Crippen molar-refractivity contribution in [2.24, 2.45) is 0 Å². The van der Waals surface area contributed by atoms with Crippen molar-refractivity contribution in [3.8, 4) is 0 Å². The molecule has 3 rings (SSSR count). The predicted octanol–water partition coefficient (Wildman–Crippen LogP) is 6.31. The molecule has 0 saturated heterocycles. The minimum Gasteiger partial charge on any atom is -0.451 e. The van der Waals surface area contributed by atoms with Crippen LogP contribution in [0.1, 0.15) is 9.67 Å². The molecule has 2 aromatic carbocycles. The fourth-order valence-corrected chi connectivity index (χ4v) is 4.39. The summed E-state index contributed by atoms with van der Waals surface area (Å²) < 4.78 is 5.80. The van der Waals surface area contributed by atoms with Gasteiger partial charge in [0.15, 0.2) is 6.61 Å². The van der Waals surface area contributed by atoms with Crippen LogP contribution in [-0.2, 0) is 9.53 Å². The van der Waals surface area contributed by atoms with Crippen molar-refractivity contribution in [3.63, 3.8) is 0 Å². The first kappa shape index (κ1) is 19.3. The van der Waals surface area contributed by atoms with Crippen LogP contribution in [0.3, 0.4) is 0 Å². The lowest BCUT2D eigenvalue weighted by Crippen LogP contribution is -2.20. The minimum absolute atomic E-state index is 0.211. The molecule has 1 heterocycles. The molecular weight excluding hydrogens is 440 g/mol. The molecule has 26 heavy (non-hydrogen) atoms. The van der Waals surface area contributed by atoms with Crippen molar-refractivity contribution >= 4 is 85.4 Å². The van der Waals surface area contributed by atoms with Gasteiger partial charge in [0, 0.05) is 30.8 Å². The Kier molecular flexibility index (Phi) is 5.95. The van der Waals surface area contributed by atoms with E-state index in [2.05, 4.69) is 5.32 Å². The van der Waals surface area contributed by atoms with E-state index in [1.54, 1.807) is 18.2 Å². The highest BCUT2D eigenvalue weighted by molar-refractivity contribution is 7.21. The zero-order valence-corrected chi connectivity index (χ0v) is 16.7. The molecule has 0 bridgehead atoms. The number of fused-ring (bicyclic) bond motifs is 1. The van der Waals surface area contributed by atoms with Crippen LogP contribution in [0, 0.1) is 0 Å². The van der Waals surface area contributed by atoms with E-state index < -0.39 is 18.5 Å². The van der Waals surface area contributed by atoms with Crippen LogP contribution >= 0.6 is 57.7 Å². The number of benzene rings is 2. The van der Waals surface area contributed by atoms with Gasteiger partial charge in [-0.05, 0) is 30.3 Å². The van der Waals surface area contributed by atoms with Crippen LogP contribution < -0.4 is 5.32 Å². The van der Waals surface area contributed by atoms with E-state index in [1.807, 2.05) is 0 Å². The molecule has 0 aliphatic rings. The number of thiophene rings is 1. The average molecular weight is 449 g/mol.